The highest BCUT2D eigenvalue weighted by molar-refractivity contribution is 9.10. The lowest BCUT2D eigenvalue weighted by Gasteiger charge is -2.32. The van der Waals surface area contributed by atoms with Crippen LogP contribution >= 0.6 is 15.9 Å². The van der Waals surface area contributed by atoms with Gasteiger partial charge < -0.3 is 10.4 Å². The topological polar surface area (TPSA) is 66.4 Å². The minimum atomic E-state index is -0.765. The van der Waals surface area contributed by atoms with E-state index in [0.29, 0.717) is 25.7 Å². The molecule has 0 saturated heterocycles. The largest absolute Gasteiger partial charge is 0.481 e. The van der Waals surface area contributed by atoms with Gasteiger partial charge in [-0.1, -0.05) is 34.1 Å². The number of hydrogen-bond acceptors (Lipinski definition) is 2. The summed E-state index contributed by atoms with van der Waals surface area (Å²) in [7, 11) is 0. The Morgan fingerprint density at radius 2 is 2.00 bits per heavy atom. The fraction of sp³-hybridized carbons (Fsp3) is 0.429. The fourth-order valence-electron chi connectivity index (χ4n) is 2.19. The number of halogens is 1. The molecular formula is C14H16BrNO3. The average Bonchev–Trinajstić information content (AvgIpc) is 2.31. The first kappa shape index (κ1) is 14.1. The van der Waals surface area contributed by atoms with Crippen molar-refractivity contribution >= 4 is 27.8 Å². The van der Waals surface area contributed by atoms with Crippen molar-refractivity contribution in [1.29, 1.82) is 0 Å². The molecule has 1 aromatic carbocycles. The second kappa shape index (κ2) is 6.19. The van der Waals surface area contributed by atoms with Crippen LogP contribution in [0.25, 0.3) is 0 Å². The van der Waals surface area contributed by atoms with Crippen LogP contribution < -0.4 is 5.32 Å². The smallest absolute Gasteiger partial charge is 0.306 e. The third kappa shape index (κ3) is 3.80. The van der Waals surface area contributed by atoms with Gasteiger partial charge in [-0.3, -0.25) is 9.59 Å². The molecule has 1 aliphatic carbocycles. The molecule has 1 saturated carbocycles. The van der Waals surface area contributed by atoms with Crippen LogP contribution in [0.1, 0.15) is 24.8 Å². The predicted molar refractivity (Wildman–Crippen MR) is 74.8 cm³/mol. The summed E-state index contributed by atoms with van der Waals surface area (Å²) in [6.45, 7) is 0. The summed E-state index contributed by atoms with van der Waals surface area (Å²) >= 11 is 3.45. The van der Waals surface area contributed by atoms with E-state index in [1.807, 2.05) is 24.3 Å². The molecule has 0 radical (unpaired) electrons. The molecule has 5 heteroatoms. The number of aryl methyl sites for hydroxylation is 1. The van der Waals surface area contributed by atoms with Crippen molar-refractivity contribution in [3.8, 4) is 0 Å². The van der Waals surface area contributed by atoms with E-state index < -0.39 is 5.97 Å². The summed E-state index contributed by atoms with van der Waals surface area (Å²) in [4.78, 5) is 22.4. The molecule has 0 unspecified atom stereocenters. The van der Waals surface area contributed by atoms with Crippen molar-refractivity contribution in [2.75, 3.05) is 0 Å². The van der Waals surface area contributed by atoms with Crippen molar-refractivity contribution in [3.63, 3.8) is 0 Å². The maximum atomic E-state index is 11.7. The van der Waals surface area contributed by atoms with E-state index in [1.165, 1.54) is 0 Å². The van der Waals surface area contributed by atoms with E-state index in [9.17, 15) is 9.59 Å². The van der Waals surface area contributed by atoms with E-state index >= 15 is 0 Å². The third-order valence-corrected chi connectivity index (χ3v) is 4.21. The molecule has 4 nitrogen and oxygen atoms in total. The number of nitrogens with one attached hydrogen (secondary N) is 1. The molecular weight excluding hydrogens is 310 g/mol. The molecule has 0 atom stereocenters. The van der Waals surface area contributed by atoms with Gasteiger partial charge >= 0.3 is 5.97 Å². The standard InChI is InChI=1S/C14H16BrNO3/c15-12-4-2-1-3-9(12)5-6-13(17)16-11-7-10(8-11)14(18)19/h1-4,10-11H,5-8H2,(H,16,17)(H,18,19). The first-order valence-corrected chi connectivity index (χ1v) is 7.11. The van der Waals surface area contributed by atoms with Crippen LogP contribution in [0.15, 0.2) is 28.7 Å². The van der Waals surface area contributed by atoms with Gasteiger partial charge in [0, 0.05) is 16.9 Å². The summed E-state index contributed by atoms with van der Waals surface area (Å²) in [5.74, 6) is -1.06. The number of carbonyl (C=O) groups is 2. The van der Waals surface area contributed by atoms with E-state index in [-0.39, 0.29) is 17.9 Å². The van der Waals surface area contributed by atoms with Crippen LogP contribution in [-0.2, 0) is 16.0 Å². The van der Waals surface area contributed by atoms with E-state index in [0.717, 1.165) is 10.0 Å². The SMILES string of the molecule is O=C(CCc1ccccc1Br)NC1CC(C(=O)O)C1. The second-order valence-corrected chi connectivity index (χ2v) is 5.72. The lowest BCUT2D eigenvalue weighted by atomic mass is 9.80. The van der Waals surface area contributed by atoms with E-state index in [2.05, 4.69) is 21.2 Å². The molecule has 2 N–H and O–H groups in total. The molecule has 0 heterocycles. The number of carbonyl (C=O) groups excluding carboxylic acids is 1. The fourth-order valence-corrected chi connectivity index (χ4v) is 2.67. The van der Waals surface area contributed by atoms with Crippen molar-refractivity contribution < 1.29 is 14.7 Å². The Morgan fingerprint density at radius 1 is 1.32 bits per heavy atom. The summed E-state index contributed by atoms with van der Waals surface area (Å²) in [5.41, 5.74) is 1.11. The third-order valence-electron chi connectivity index (χ3n) is 3.43. The summed E-state index contributed by atoms with van der Waals surface area (Å²) in [5, 5.41) is 11.6. The molecule has 0 aliphatic heterocycles. The Hall–Kier alpha value is -1.36. The Kier molecular flexibility index (Phi) is 4.58. The zero-order valence-electron chi connectivity index (χ0n) is 10.4. The van der Waals surface area contributed by atoms with Crippen molar-refractivity contribution in [1.82, 2.24) is 5.32 Å². The van der Waals surface area contributed by atoms with Gasteiger partial charge in [0.15, 0.2) is 0 Å². The zero-order valence-corrected chi connectivity index (χ0v) is 12.0. The first-order chi connectivity index (χ1) is 9.06. The van der Waals surface area contributed by atoms with Crippen LogP contribution in [-0.4, -0.2) is 23.0 Å². The van der Waals surface area contributed by atoms with Crippen LogP contribution in [0.5, 0.6) is 0 Å². The molecule has 1 amide bonds. The van der Waals surface area contributed by atoms with Crippen molar-refractivity contribution in [2.24, 2.45) is 5.92 Å². The molecule has 1 fully saturated rings. The minimum Gasteiger partial charge on any atom is -0.481 e. The Morgan fingerprint density at radius 3 is 2.63 bits per heavy atom. The van der Waals surface area contributed by atoms with Crippen molar-refractivity contribution in [3.05, 3.63) is 34.3 Å². The van der Waals surface area contributed by atoms with Crippen LogP contribution in [0.4, 0.5) is 0 Å². The summed E-state index contributed by atoms with van der Waals surface area (Å²) in [6.07, 6.45) is 2.21. The Bertz CT molecular complexity index is 483. The highest BCUT2D eigenvalue weighted by Crippen LogP contribution is 2.27. The summed E-state index contributed by atoms with van der Waals surface area (Å²) < 4.78 is 1.01. The quantitative estimate of drug-likeness (QED) is 0.873. The Balaban J connectivity index is 1.72. The normalized spacial score (nSPS) is 21.5. The molecule has 0 spiro atoms. The molecule has 2 rings (SSSR count). The first-order valence-electron chi connectivity index (χ1n) is 6.32. The maximum absolute atomic E-state index is 11.7. The highest BCUT2D eigenvalue weighted by atomic mass is 79.9. The number of aliphatic carboxylic acids is 1. The lowest BCUT2D eigenvalue weighted by molar-refractivity contribution is -0.146. The average molecular weight is 326 g/mol. The number of amides is 1. The van der Waals surface area contributed by atoms with Gasteiger partial charge in [-0.05, 0) is 30.9 Å². The number of rotatable bonds is 5. The van der Waals surface area contributed by atoms with Gasteiger partial charge in [0.05, 0.1) is 5.92 Å². The summed E-state index contributed by atoms with van der Waals surface area (Å²) in [6, 6.07) is 7.86. The minimum absolute atomic E-state index is 0.00964. The van der Waals surface area contributed by atoms with Gasteiger partial charge in [0.1, 0.15) is 0 Å². The number of carboxylic acids is 1. The van der Waals surface area contributed by atoms with Gasteiger partial charge in [0.25, 0.3) is 0 Å². The molecule has 0 bridgehead atoms. The van der Waals surface area contributed by atoms with E-state index in [1.54, 1.807) is 0 Å². The predicted octanol–water partition coefficient (Wildman–Crippen LogP) is 2.36. The van der Waals surface area contributed by atoms with Crippen LogP contribution in [0.3, 0.4) is 0 Å². The highest BCUT2D eigenvalue weighted by Gasteiger charge is 2.35. The van der Waals surface area contributed by atoms with Gasteiger partial charge in [-0.25, -0.2) is 0 Å². The molecule has 1 aliphatic rings. The number of hydrogen-bond donors (Lipinski definition) is 2. The Labute approximate surface area is 120 Å². The van der Waals surface area contributed by atoms with Crippen molar-refractivity contribution in [2.45, 2.75) is 31.7 Å². The van der Waals surface area contributed by atoms with Gasteiger partial charge in [0.2, 0.25) is 5.91 Å². The molecule has 19 heavy (non-hydrogen) atoms. The lowest BCUT2D eigenvalue weighted by Crippen LogP contribution is -2.46. The zero-order chi connectivity index (χ0) is 13.8. The molecule has 102 valence electrons. The van der Waals surface area contributed by atoms with Gasteiger partial charge in [-0.2, -0.15) is 0 Å². The number of benzene rings is 1. The monoisotopic (exact) mass is 325 g/mol. The maximum Gasteiger partial charge on any atom is 0.306 e. The van der Waals surface area contributed by atoms with Gasteiger partial charge in [-0.15, -0.1) is 0 Å². The van der Waals surface area contributed by atoms with Crippen LogP contribution in [0, 0.1) is 5.92 Å². The number of carboxylic acid groups (broad SMARTS) is 1. The molecule has 0 aromatic heterocycles. The van der Waals surface area contributed by atoms with Crippen LogP contribution in [0.2, 0.25) is 0 Å². The molecule has 1 aromatic rings. The van der Waals surface area contributed by atoms with E-state index in [4.69, 9.17) is 5.11 Å². The second-order valence-electron chi connectivity index (χ2n) is 4.86.